The predicted molar refractivity (Wildman–Crippen MR) is 128 cm³/mol. The number of anilines is 1. The Bertz CT molecular complexity index is 1450. The molecule has 0 saturated heterocycles. The molecule has 0 radical (unpaired) electrons. The van der Waals surface area contributed by atoms with Gasteiger partial charge >= 0.3 is 5.91 Å². The third-order valence-electron chi connectivity index (χ3n) is 5.21. The van der Waals surface area contributed by atoms with E-state index in [1.165, 1.54) is 0 Å². The van der Waals surface area contributed by atoms with Gasteiger partial charge in [0, 0.05) is 33.7 Å². The lowest BCUT2D eigenvalue weighted by Gasteiger charge is -2.07. The van der Waals surface area contributed by atoms with Gasteiger partial charge < -0.3 is 14.3 Å². The zero-order valence-corrected chi connectivity index (χ0v) is 17.6. The first kappa shape index (κ1) is 20.3. The predicted octanol–water partition coefficient (Wildman–Crippen LogP) is 4.79. The molecule has 0 unspecified atom stereocenters. The van der Waals surface area contributed by atoms with Crippen molar-refractivity contribution >= 4 is 45.6 Å². The number of carbonyl (C=O) groups excluding carboxylic acids is 2. The lowest BCUT2D eigenvalue weighted by atomic mass is 10.2. The molecular formula is C26H20N4O3. The molecule has 5 aromatic rings. The van der Waals surface area contributed by atoms with Gasteiger partial charge in [0.05, 0.1) is 6.21 Å². The largest absolute Gasteiger partial charge is 0.451 e. The fraction of sp³-hybridized carbons (Fsp3) is 0.0385. The monoisotopic (exact) mass is 436 g/mol. The van der Waals surface area contributed by atoms with Crippen molar-refractivity contribution in [2.75, 3.05) is 5.32 Å². The van der Waals surface area contributed by atoms with Gasteiger partial charge in [-0.25, -0.2) is 5.43 Å². The summed E-state index contributed by atoms with van der Waals surface area (Å²) in [6, 6.07) is 26.1. The van der Waals surface area contributed by atoms with Crippen molar-refractivity contribution in [3.05, 3.63) is 102 Å². The highest BCUT2D eigenvalue weighted by atomic mass is 16.3. The fourth-order valence-electron chi connectivity index (χ4n) is 3.69. The van der Waals surface area contributed by atoms with Crippen molar-refractivity contribution in [3.63, 3.8) is 0 Å². The summed E-state index contributed by atoms with van der Waals surface area (Å²) < 4.78 is 7.42. The van der Waals surface area contributed by atoms with E-state index in [0.29, 0.717) is 5.58 Å². The molecule has 3 aromatic carbocycles. The Hall–Kier alpha value is -4.65. The van der Waals surface area contributed by atoms with E-state index in [4.69, 9.17) is 4.42 Å². The van der Waals surface area contributed by atoms with E-state index in [2.05, 4.69) is 15.8 Å². The average molecular weight is 436 g/mol. The van der Waals surface area contributed by atoms with E-state index < -0.39 is 5.91 Å². The number of rotatable bonds is 6. The molecule has 7 heteroatoms. The SMILES string of the molecule is O=C(Cn1cc(/C=N/NC(=O)c2cc3ccccc3o2)c2ccccc21)Nc1ccccc1. The van der Waals surface area contributed by atoms with Gasteiger partial charge in [0.25, 0.3) is 0 Å². The summed E-state index contributed by atoms with van der Waals surface area (Å²) >= 11 is 0. The van der Waals surface area contributed by atoms with Crippen LogP contribution >= 0.6 is 0 Å². The summed E-state index contributed by atoms with van der Waals surface area (Å²) in [7, 11) is 0. The van der Waals surface area contributed by atoms with Gasteiger partial charge in [-0.05, 0) is 30.3 Å². The number of hydrazone groups is 1. The average Bonchev–Trinajstić information content (AvgIpc) is 3.42. The lowest BCUT2D eigenvalue weighted by Crippen LogP contribution is -2.18. The minimum absolute atomic E-state index is 0.136. The minimum atomic E-state index is -0.437. The van der Waals surface area contributed by atoms with Crippen LogP contribution in [0.2, 0.25) is 0 Å². The molecule has 0 fully saturated rings. The van der Waals surface area contributed by atoms with Crippen molar-refractivity contribution in [2.24, 2.45) is 5.10 Å². The second-order valence-electron chi connectivity index (χ2n) is 7.49. The molecular weight excluding hydrogens is 416 g/mol. The Kier molecular flexibility index (Phi) is 5.43. The van der Waals surface area contributed by atoms with Crippen molar-refractivity contribution in [1.82, 2.24) is 9.99 Å². The van der Waals surface area contributed by atoms with Crippen LogP contribution in [0, 0.1) is 0 Å². The summed E-state index contributed by atoms with van der Waals surface area (Å²) in [4.78, 5) is 25.0. The standard InChI is InChI=1S/C26H20N4O3/c31-25(28-20-9-2-1-3-10-20)17-30-16-19(21-11-5-6-12-22(21)30)15-27-29-26(32)24-14-18-8-4-7-13-23(18)33-24/h1-16H,17H2,(H,28,31)(H,29,32)/b27-15+. The Balaban J connectivity index is 1.32. The van der Waals surface area contributed by atoms with Crippen LogP contribution in [0.4, 0.5) is 5.69 Å². The molecule has 0 atom stereocenters. The highest BCUT2D eigenvalue weighted by Gasteiger charge is 2.12. The molecule has 0 spiro atoms. The lowest BCUT2D eigenvalue weighted by molar-refractivity contribution is -0.116. The first-order chi connectivity index (χ1) is 16.2. The van der Waals surface area contributed by atoms with Crippen LogP contribution < -0.4 is 10.7 Å². The number of hydrogen-bond donors (Lipinski definition) is 2. The summed E-state index contributed by atoms with van der Waals surface area (Å²) in [5.41, 5.74) is 5.57. The maximum atomic E-state index is 12.5. The molecule has 2 aromatic heterocycles. The molecule has 2 amide bonds. The van der Waals surface area contributed by atoms with Crippen LogP contribution in [0.25, 0.3) is 21.9 Å². The van der Waals surface area contributed by atoms with E-state index >= 15 is 0 Å². The number of hydrogen-bond acceptors (Lipinski definition) is 4. The van der Waals surface area contributed by atoms with Crippen LogP contribution in [-0.4, -0.2) is 22.6 Å². The Labute approximate surface area is 189 Å². The smallest absolute Gasteiger partial charge is 0.307 e. The zero-order valence-electron chi connectivity index (χ0n) is 17.6. The summed E-state index contributed by atoms with van der Waals surface area (Å²) in [6.07, 6.45) is 3.40. The first-order valence-electron chi connectivity index (χ1n) is 10.4. The second kappa shape index (κ2) is 8.84. The Morgan fingerprint density at radius 1 is 0.939 bits per heavy atom. The summed E-state index contributed by atoms with van der Waals surface area (Å²) in [6.45, 7) is 0.147. The normalized spacial score (nSPS) is 11.3. The van der Waals surface area contributed by atoms with Gasteiger partial charge in [-0.15, -0.1) is 0 Å². The number of nitrogens with zero attached hydrogens (tertiary/aromatic N) is 2. The molecule has 5 rings (SSSR count). The van der Waals surface area contributed by atoms with E-state index in [9.17, 15) is 9.59 Å². The quantitative estimate of drug-likeness (QED) is 0.296. The highest BCUT2D eigenvalue weighted by Crippen LogP contribution is 2.21. The number of fused-ring (bicyclic) bond motifs is 2. The first-order valence-corrected chi connectivity index (χ1v) is 10.4. The van der Waals surface area contributed by atoms with Crippen molar-refractivity contribution in [1.29, 1.82) is 0 Å². The van der Waals surface area contributed by atoms with Gasteiger partial charge in [0.2, 0.25) is 5.91 Å². The van der Waals surface area contributed by atoms with Crippen LogP contribution in [-0.2, 0) is 11.3 Å². The second-order valence-corrected chi connectivity index (χ2v) is 7.49. The molecule has 0 saturated carbocycles. The summed E-state index contributed by atoms with van der Waals surface area (Å²) in [5, 5.41) is 8.76. The highest BCUT2D eigenvalue weighted by molar-refractivity contribution is 6.01. The maximum Gasteiger partial charge on any atom is 0.307 e. The molecule has 0 aliphatic rings. The van der Waals surface area contributed by atoms with Crippen molar-refractivity contribution in [3.8, 4) is 0 Å². The molecule has 0 aliphatic carbocycles. The fourth-order valence-corrected chi connectivity index (χ4v) is 3.69. The maximum absolute atomic E-state index is 12.5. The summed E-state index contributed by atoms with van der Waals surface area (Å²) in [5.74, 6) is -0.384. The number of para-hydroxylation sites is 3. The van der Waals surface area contributed by atoms with Crippen LogP contribution in [0.15, 0.2) is 101 Å². The van der Waals surface area contributed by atoms with Gasteiger partial charge in [-0.2, -0.15) is 5.10 Å². The molecule has 7 nitrogen and oxygen atoms in total. The molecule has 162 valence electrons. The molecule has 0 bridgehead atoms. The van der Waals surface area contributed by atoms with Crippen molar-refractivity contribution < 1.29 is 14.0 Å². The number of benzene rings is 3. The van der Waals surface area contributed by atoms with E-state index in [1.807, 2.05) is 83.6 Å². The van der Waals surface area contributed by atoms with Crippen LogP contribution in [0.5, 0.6) is 0 Å². The Morgan fingerprint density at radius 3 is 2.55 bits per heavy atom. The number of nitrogens with one attached hydrogen (secondary N) is 2. The van der Waals surface area contributed by atoms with Gasteiger partial charge in [0.1, 0.15) is 12.1 Å². The zero-order chi connectivity index (χ0) is 22.6. The molecule has 33 heavy (non-hydrogen) atoms. The van der Waals surface area contributed by atoms with Gasteiger partial charge in [0.15, 0.2) is 5.76 Å². The number of amides is 2. The third-order valence-corrected chi connectivity index (χ3v) is 5.21. The Morgan fingerprint density at radius 2 is 1.70 bits per heavy atom. The number of carbonyl (C=O) groups is 2. The topological polar surface area (TPSA) is 88.6 Å². The van der Waals surface area contributed by atoms with Gasteiger partial charge in [-0.3, -0.25) is 9.59 Å². The van der Waals surface area contributed by atoms with E-state index in [-0.39, 0.29) is 18.2 Å². The van der Waals surface area contributed by atoms with Crippen LogP contribution in [0.3, 0.4) is 0 Å². The van der Waals surface area contributed by atoms with E-state index in [1.54, 1.807) is 18.3 Å². The number of furan rings is 1. The molecule has 2 N–H and O–H groups in total. The number of aromatic nitrogens is 1. The molecule has 0 aliphatic heterocycles. The molecule has 2 heterocycles. The van der Waals surface area contributed by atoms with Crippen molar-refractivity contribution in [2.45, 2.75) is 6.54 Å². The third kappa shape index (κ3) is 4.38. The van der Waals surface area contributed by atoms with Crippen LogP contribution in [0.1, 0.15) is 16.1 Å². The van der Waals surface area contributed by atoms with Gasteiger partial charge in [-0.1, -0.05) is 54.6 Å². The minimum Gasteiger partial charge on any atom is -0.451 e. The van der Waals surface area contributed by atoms with E-state index in [0.717, 1.165) is 27.5 Å².